The van der Waals surface area contributed by atoms with E-state index in [-0.39, 0.29) is 47.9 Å². The molecule has 0 aromatic heterocycles. The first-order valence-corrected chi connectivity index (χ1v) is 10.4. The molecule has 5 aliphatic rings. The highest BCUT2D eigenvalue weighted by Gasteiger charge is 2.67. The number of hydrogen-bond acceptors (Lipinski definition) is 3. The first-order valence-electron chi connectivity index (χ1n) is 9.61. The normalized spacial score (nSPS) is 35.3. The van der Waals surface area contributed by atoms with Gasteiger partial charge in [0.1, 0.15) is 6.54 Å². The average Bonchev–Trinajstić information content (AvgIpc) is 3.44. The van der Waals surface area contributed by atoms with Crippen LogP contribution in [0.25, 0.3) is 0 Å². The molecule has 5 nitrogen and oxygen atoms in total. The van der Waals surface area contributed by atoms with E-state index in [0.717, 1.165) is 28.6 Å². The Hall–Kier alpha value is -1.95. The van der Waals surface area contributed by atoms with Crippen LogP contribution >= 0.6 is 15.9 Å². The van der Waals surface area contributed by atoms with Gasteiger partial charge in [-0.15, -0.1) is 0 Å². The van der Waals surface area contributed by atoms with E-state index in [1.165, 1.54) is 4.90 Å². The maximum atomic E-state index is 12.9. The van der Waals surface area contributed by atoms with Crippen molar-refractivity contribution in [3.05, 3.63) is 40.4 Å². The maximum Gasteiger partial charge on any atom is 0.244 e. The number of likely N-dealkylation sites (tertiary alicyclic amines) is 1. The second-order valence-corrected chi connectivity index (χ2v) is 9.04. The minimum atomic E-state index is -0.321. The Balaban J connectivity index is 1.33. The van der Waals surface area contributed by atoms with Crippen molar-refractivity contribution in [3.8, 4) is 0 Å². The van der Waals surface area contributed by atoms with E-state index in [4.69, 9.17) is 0 Å². The Morgan fingerprint density at radius 1 is 1.15 bits per heavy atom. The molecule has 0 unspecified atom stereocenters. The summed E-state index contributed by atoms with van der Waals surface area (Å²) in [4.78, 5) is 39.7. The average molecular weight is 429 g/mol. The summed E-state index contributed by atoms with van der Waals surface area (Å²) in [7, 11) is 0. The van der Waals surface area contributed by atoms with Gasteiger partial charge in [0.15, 0.2) is 0 Å². The number of benzene rings is 1. The molecule has 6 atom stereocenters. The summed E-state index contributed by atoms with van der Waals surface area (Å²) < 4.78 is 0.952. The lowest BCUT2D eigenvalue weighted by Gasteiger charge is -2.37. The van der Waals surface area contributed by atoms with Crippen LogP contribution in [0.2, 0.25) is 0 Å². The maximum absolute atomic E-state index is 12.9. The molecule has 6 heteroatoms. The summed E-state index contributed by atoms with van der Waals surface area (Å²) >= 11 is 3.43. The molecule has 1 aromatic carbocycles. The van der Waals surface area contributed by atoms with Crippen LogP contribution in [-0.2, 0) is 20.8 Å². The van der Waals surface area contributed by atoms with Crippen molar-refractivity contribution >= 4 is 39.3 Å². The lowest BCUT2D eigenvalue weighted by Crippen LogP contribution is -2.40. The molecule has 2 saturated carbocycles. The Bertz CT molecular complexity index is 859. The number of imide groups is 1. The molecule has 27 heavy (non-hydrogen) atoms. The predicted octanol–water partition coefficient (Wildman–Crippen LogP) is 3.00. The van der Waals surface area contributed by atoms with Crippen molar-refractivity contribution in [3.63, 3.8) is 0 Å². The number of nitrogens with one attached hydrogen (secondary N) is 1. The fraction of sp³-hybridized carbons (Fsp3) is 0.476. The van der Waals surface area contributed by atoms with E-state index >= 15 is 0 Å². The fourth-order valence-corrected chi connectivity index (χ4v) is 5.89. The molecule has 4 aliphatic carbocycles. The molecule has 6 rings (SSSR count). The second-order valence-electron chi connectivity index (χ2n) is 8.12. The summed E-state index contributed by atoms with van der Waals surface area (Å²) in [6.45, 7) is 1.82. The number of nitrogens with zero attached hydrogens (tertiary/aromatic N) is 1. The van der Waals surface area contributed by atoms with Crippen molar-refractivity contribution in [2.24, 2.45) is 35.5 Å². The van der Waals surface area contributed by atoms with Gasteiger partial charge in [-0.3, -0.25) is 19.3 Å². The smallest absolute Gasteiger partial charge is 0.244 e. The van der Waals surface area contributed by atoms with Crippen molar-refractivity contribution in [2.45, 2.75) is 19.8 Å². The Morgan fingerprint density at radius 2 is 1.78 bits per heavy atom. The molecule has 140 valence electrons. The van der Waals surface area contributed by atoms with Gasteiger partial charge in [0.2, 0.25) is 17.7 Å². The first kappa shape index (κ1) is 17.2. The highest BCUT2D eigenvalue weighted by atomic mass is 79.9. The third-order valence-corrected chi connectivity index (χ3v) is 7.27. The zero-order valence-corrected chi connectivity index (χ0v) is 16.6. The molecular weight excluding hydrogens is 408 g/mol. The zero-order valence-electron chi connectivity index (χ0n) is 15.0. The van der Waals surface area contributed by atoms with Gasteiger partial charge in [0, 0.05) is 10.2 Å². The number of rotatable bonds is 4. The number of aryl methyl sites for hydroxylation is 1. The molecule has 0 spiro atoms. The van der Waals surface area contributed by atoms with E-state index in [1.54, 1.807) is 0 Å². The minimum absolute atomic E-state index is 0.156. The number of allylic oxidation sites excluding steroid dienone is 2. The minimum Gasteiger partial charge on any atom is -0.324 e. The van der Waals surface area contributed by atoms with Crippen LogP contribution in [0.5, 0.6) is 0 Å². The van der Waals surface area contributed by atoms with Gasteiger partial charge in [-0.25, -0.2) is 0 Å². The number of amides is 3. The molecular formula is C21H21BrN2O3. The molecule has 1 saturated heterocycles. The van der Waals surface area contributed by atoms with E-state index in [0.29, 0.717) is 11.8 Å². The van der Waals surface area contributed by atoms with Crippen molar-refractivity contribution in [1.29, 1.82) is 0 Å². The monoisotopic (exact) mass is 428 g/mol. The van der Waals surface area contributed by atoms with Crippen LogP contribution in [0.4, 0.5) is 5.69 Å². The van der Waals surface area contributed by atoms with Crippen LogP contribution in [0.1, 0.15) is 18.9 Å². The Morgan fingerprint density at radius 3 is 2.37 bits per heavy atom. The molecule has 1 aromatic rings. The molecule has 3 amide bonds. The predicted molar refractivity (Wildman–Crippen MR) is 104 cm³/mol. The third kappa shape index (κ3) is 2.53. The molecule has 1 heterocycles. The summed E-state index contributed by atoms with van der Waals surface area (Å²) in [6, 6.07) is 5.67. The van der Waals surface area contributed by atoms with Gasteiger partial charge < -0.3 is 5.32 Å². The lowest BCUT2D eigenvalue weighted by atomic mass is 9.63. The van der Waals surface area contributed by atoms with Gasteiger partial charge in [0.05, 0.1) is 11.8 Å². The quantitative estimate of drug-likeness (QED) is 0.591. The summed E-state index contributed by atoms with van der Waals surface area (Å²) in [5.74, 6) is 0.389. The SMILES string of the molecule is CCc1cc(Br)ccc1NC(=O)CN1C(=O)[C@H]2[C@@H]3C=C[C@H]([C@H]4C[C@H]34)[C@@H]2C1=O. The highest BCUT2D eigenvalue weighted by Crippen LogP contribution is 2.65. The van der Waals surface area contributed by atoms with Crippen molar-refractivity contribution in [1.82, 2.24) is 4.90 Å². The molecule has 0 radical (unpaired) electrons. The number of anilines is 1. The third-order valence-electron chi connectivity index (χ3n) is 6.78. The van der Waals surface area contributed by atoms with Crippen LogP contribution in [0.3, 0.4) is 0 Å². The number of carbonyl (C=O) groups is 3. The standard InChI is InChI=1S/C21H21BrN2O3/c1-2-10-7-11(22)3-6-16(10)23-17(25)9-24-20(26)18-12-4-5-13(15-8-14(12)15)19(18)21(24)27/h3-7,12-15,18-19H,2,8-9H2,1H3,(H,23,25)/t12-,13-,14-,15-,18+,19+/m1/s1. The number of carbonyl (C=O) groups excluding carboxylic acids is 3. The van der Waals surface area contributed by atoms with Gasteiger partial charge in [-0.05, 0) is 60.3 Å². The summed E-state index contributed by atoms with van der Waals surface area (Å²) in [5, 5.41) is 2.87. The Kier molecular flexibility index (Phi) is 3.83. The van der Waals surface area contributed by atoms with Gasteiger partial charge >= 0.3 is 0 Å². The van der Waals surface area contributed by atoms with Crippen molar-refractivity contribution < 1.29 is 14.4 Å². The summed E-state index contributed by atoms with van der Waals surface area (Å²) in [5.41, 5.74) is 1.73. The zero-order chi connectivity index (χ0) is 18.9. The largest absolute Gasteiger partial charge is 0.324 e. The van der Waals surface area contributed by atoms with Gasteiger partial charge in [-0.1, -0.05) is 35.0 Å². The van der Waals surface area contributed by atoms with Crippen LogP contribution in [0, 0.1) is 35.5 Å². The van der Waals surface area contributed by atoms with Crippen LogP contribution in [0.15, 0.2) is 34.8 Å². The highest BCUT2D eigenvalue weighted by molar-refractivity contribution is 9.10. The van der Waals surface area contributed by atoms with Gasteiger partial charge in [0.25, 0.3) is 0 Å². The Labute approximate surface area is 166 Å². The first-order chi connectivity index (χ1) is 13.0. The number of hydrogen-bond donors (Lipinski definition) is 1. The topological polar surface area (TPSA) is 66.5 Å². The number of halogens is 1. The van der Waals surface area contributed by atoms with Crippen LogP contribution in [-0.4, -0.2) is 29.2 Å². The molecule has 1 aliphatic heterocycles. The van der Waals surface area contributed by atoms with Crippen LogP contribution < -0.4 is 5.32 Å². The lowest BCUT2D eigenvalue weighted by molar-refractivity contribution is -0.142. The van der Waals surface area contributed by atoms with E-state index in [2.05, 4.69) is 33.4 Å². The van der Waals surface area contributed by atoms with Gasteiger partial charge in [-0.2, -0.15) is 0 Å². The van der Waals surface area contributed by atoms with E-state index in [1.807, 2.05) is 25.1 Å². The van der Waals surface area contributed by atoms with E-state index in [9.17, 15) is 14.4 Å². The molecule has 1 N–H and O–H groups in total. The molecule has 2 bridgehead atoms. The summed E-state index contributed by atoms with van der Waals surface area (Å²) in [6.07, 6.45) is 6.20. The molecule has 3 fully saturated rings. The second kappa shape index (κ2) is 6.03. The van der Waals surface area contributed by atoms with E-state index < -0.39 is 0 Å². The fourth-order valence-electron chi connectivity index (χ4n) is 5.48. The van der Waals surface area contributed by atoms with Crippen molar-refractivity contribution in [2.75, 3.05) is 11.9 Å².